The largest absolute Gasteiger partial charge is 0.372 e. The van der Waals surface area contributed by atoms with E-state index in [4.69, 9.17) is 5.26 Å². The van der Waals surface area contributed by atoms with E-state index in [0.29, 0.717) is 13.0 Å². The zero-order valence-electron chi connectivity index (χ0n) is 8.47. The lowest BCUT2D eigenvalue weighted by Gasteiger charge is -2.32. The topological polar surface area (TPSA) is 67.6 Å². The highest BCUT2D eigenvalue weighted by Crippen LogP contribution is 2.19. The SMILES string of the molecule is CC(C)N1CCC(O)N1C(=O)CC#N. The number of carbonyl (C=O) groups is 1. The molecule has 5 nitrogen and oxygen atoms in total. The Hall–Kier alpha value is -1.12. The van der Waals surface area contributed by atoms with Crippen LogP contribution in [0.3, 0.4) is 0 Å². The van der Waals surface area contributed by atoms with Gasteiger partial charge >= 0.3 is 0 Å². The summed E-state index contributed by atoms with van der Waals surface area (Å²) in [5.74, 6) is -0.328. The summed E-state index contributed by atoms with van der Waals surface area (Å²) in [5.41, 5.74) is 0. The third kappa shape index (κ3) is 2.03. The van der Waals surface area contributed by atoms with E-state index >= 15 is 0 Å². The van der Waals surface area contributed by atoms with Crippen LogP contribution in [0.4, 0.5) is 0 Å². The van der Waals surface area contributed by atoms with Crippen LogP contribution in [0.5, 0.6) is 0 Å². The van der Waals surface area contributed by atoms with Gasteiger partial charge in [-0.1, -0.05) is 0 Å². The Morgan fingerprint density at radius 3 is 2.86 bits per heavy atom. The van der Waals surface area contributed by atoms with E-state index in [1.165, 1.54) is 5.01 Å². The van der Waals surface area contributed by atoms with Crippen molar-refractivity contribution < 1.29 is 9.90 Å². The Balaban J connectivity index is 2.72. The molecule has 0 saturated carbocycles. The third-order valence-corrected chi connectivity index (χ3v) is 2.26. The molecule has 1 unspecified atom stereocenters. The molecule has 0 radical (unpaired) electrons. The molecule has 0 spiro atoms. The van der Waals surface area contributed by atoms with Crippen molar-refractivity contribution in [1.29, 1.82) is 5.26 Å². The molecule has 1 fully saturated rings. The maximum Gasteiger partial charge on any atom is 0.253 e. The van der Waals surface area contributed by atoms with Gasteiger partial charge in [0.25, 0.3) is 5.91 Å². The molecule has 5 heteroatoms. The fourth-order valence-corrected chi connectivity index (χ4v) is 1.61. The van der Waals surface area contributed by atoms with Crippen LogP contribution >= 0.6 is 0 Å². The summed E-state index contributed by atoms with van der Waals surface area (Å²) in [6, 6.07) is 1.96. The smallest absolute Gasteiger partial charge is 0.253 e. The first-order valence-electron chi connectivity index (χ1n) is 4.71. The minimum atomic E-state index is -0.766. The maximum atomic E-state index is 11.5. The van der Waals surface area contributed by atoms with E-state index in [2.05, 4.69) is 0 Å². The van der Waals surface area contributed by atoms with Crippen molar-refractivity contribution in [1.82, 2.24) is 10.0 Å². The van der Waals surface area contributed by atoms with Crippen LogP contribution < -0.4 is 0 Å². The standard InChI is InChI=1S/C9H15N3O2/c1-7(2)11-6-4-9(14)12(11)8(13)3-5-10/h7,9,14H,3-4,6H2,1-2H3. The first-order valence-corrected chi connectivity index (χ1v) is 4.71. The molecule has 1 amide bonds. The molecule has 1 aliphatic rings. The number of nitrogens with zero attached hydrogens (tertiary/aromatic N) is 3. The lowest BCUT2D eigenvalue weighted by atomic mass is 10.3. The molecular formula is C9H15N3O2. The van der Waals surface area contributed by atoms with E-state index in [9.17, 15) is 9.90 Å². The number of aliphatic hydroxyl groups excluding tert-OH is 1. The number of nitriles is 1. The van der Waals surface area contributed by atoms with Gasteiger partial charge in [0.05, 0.1) is 6.07 Å². The summed E-state index contributed by atoms with van der Waals surface area (Å²) in [5, 5.41) is 21.1. The molecule has 1 saturated heterocycles. The molecule has 0 aromatic carbocycles. The molecule has 0 bridgehead atoms. The van der Waals surface area contributed by atoms with Crippen molar-refractivity contribution >= 4 is 5.91 Å². The van der Waals surface area contributed by atoms with Crippen LogP contribution in [0.25, 0.3) is 0 Å². The van der Waals surface area contributed by atoms with Crippen molar-refractivity contribution in [3.8, 4) is 6.07 Å². The minimum absolute atomic E-state index is 0.162. The Labute approximate surface area is 83.5 Å². The highest BCUT2D eigenvalue weighted by atomic mass is 16.3. The average Bonchev–Trinajstić information content (AvgIpc) is 2.47. The quantitative estimate of drug-likeness (QED) is 0.680. The summed E-state index contributed by atoms with van der Waals surface area (Å²) in [6.45, 7) is 4.56. The van der Waals surface area contributed by atoms with Gasteiger partial charge in [-0.25, -0.2) is 10.0 Å². The van der Waals surface area contributed by atoms with E-state index in [-0.39, 0.29) is 18.4 Å². The van der Waals surface area contributed by atoms with Gasteiger partial charge in [-0.3, -0.25) is 4.79 Å². The van der Waals surface area contributed by atoms with Crippen molar-refractivity contribution in [2.45, 2.75) is 39.0 Å². The van der Waals surface area contributed by atoms with Gasteiger partial charge in [0.15, 0.2) is 0 Å². The van der Waals surface area contributed by atoms with Gasteiger partial charge < -0.3 is 5.11 Å². The molecule has 0 aromatic heterocycles. The fourth-order valence-electron chi connectivity index (χ4n) is 1.61. The molecule has 0 aromatic rings. The summed E-state index contributed by atoms with van der Waals surface area (Å²) >= 11 is 0. The normalized spacial score (nSPS) is 22.8. The molecule has 1 aliphatic heterocycles. The van der Waals surface area contributed by atoms with Crippen molar-refractivity contribution in [2.24, 2.45) is 0 Å². The minimum Gasteiger partial charge on any atom is -0.372 e. The predicted octanol–water partition coefficient (Wildman–Crippen LogP) is 0.0762. The highest BCUT2D eigenvalue weighted by Gasteiger charge is 2.35. The summed E-state index contributed by atoms with van der Waals surface area (Å²) in [4.78, 5) is 11.5. The number of hydrogen-bond acceptors (Lipinski definition) is 4. The van der Waals surface area contributed by atoms with Gasteiger partial charge in [-0.05, 0) is 13.8 Å². The van der Waals surface area contributed by atoms with Crippen molar-refractivity contribution in [3.63, 3.8) is 0 Å². The summed E-state index contributed by atoms with van der Waals surface area (Å²) < 4.78 is 0. The molecule has 1 heterocycles. The number of hydrogen-bond donors (Lipinski definition) is 1. The van der Waals surface area contributed by atoms with Gasteiger partial charge in [0.1, 0.15) is 12.6 Å². The van der Waals surface area contributed by atoms with Crippen LogP contribution in [0, 0.1) is 11.3 Å². The highest BCUT2D eigenvalue weighted by molar-refractivity contribution is 5.78. The Bertz CT molecular complexity index is 259. The number of carbonyl (C=O) groups excluding carboxylic acids is 1. The second kappa shape index (κ2) is 4.40. The van der Waals surface area contributed by atoms with Crippen molar-refractivity contribution in [3.05, 3.63) is 0 Å². The van der Waals surface area contributed by atoms with Crippen LogP contribution in [0.1, 0.15) is 26.7 Å². The average molecular weight is 197 g/mol. The second-order valence-corrected chi connectivity index (χ2v) is 3.60. The molecule has 14 heavy (non-hydrogen) atoms. The van der Waals surface area contributed by atoms with Crippen molar-refractivity contribution in [2.75, 3.05) is 6.54 Å². The van der Waals surface area contributed by atoms with Crippen LogP contribution in [-0.4, -0.2) is 39.8 Å². The van der Waals surface area contributed by atoms with Gasteiger partial charge in [-0.15, -0.1) is 0 Å². The van der Waals surface area contributed by atoms with Gasteiger partial charge in [0.2, 0.25) is 0 Å². The summed E-state index contributed by atoms with van der Waals surface area (Å²) in [7, 11) is 0. The molecule has 1 rings (SSSR count). The van der Waals surface area contributed by atoms with E-state index < -0.39 is 6.23 Å². The fraction of sp³-hybridized carbons (Fsp3) is 0.778. The van der Waals surface area contributed by atoms with E-state index in [1.807, 2.05) is 13.8 Å². The third-order valence-electron chi connectivity index (χ3n) is 2.26. The van der Waals surface area contributed by atoms with Crippen LogP contribution in [0.15, 0.2) is 0 Å². The Morgan fingerprint density at radius 1 is 1.71 bits per heavy atom. The number of amides is 1. The number of hydrazine groups is 1. The molecule has 1 N–H and O–H groups in total. The molecule has 1 atom stereocenters. The second-order valence-electron chi connectivity index (χ2n) is 3.60. The Kier molecular flexibility index (Phi) is 3.44. The zero-order valence-corrected chi connectivity index (χ0v) is 8.47. The van der Waals surface area contributed by atoms with Gasteiger partial charge in [-0.2, -0.15) is 5.26 Å². The molecule has 78 valence electrons. The number of rotatable bonds is 2. The first kappa shape index (κ1) is 11.0. The Morgan fingerprint density at radius 2 is 2.36 bits per heavy atom. The molecular weight excluding hydrogens is 182 g/mol. The number of aliphatic hydroxyl groups is 1. The van der Waals surface area contributed by atoms with Crippen LogP contribution in [-0.2, 0) is 4.79 Å². The zero-order chi connectivity index (χ0) is 10.7. The van der Waals surface area contributed by atoms with Gasteiger partial charge in [0, 0.05) is 19.0 Å². The van der Waals surface area contributed by atoms with E-state index in [0.717, 1.165) is 0 Å². The maximum absolute atomic E-state index is 11.5. The molecule has 0 aliphatic carbocycles. The lowest BCUT2D eigenvalue weighted by molar-refractivity contribution is -0.162. The predicted molar refractivity (Wildman–Crippen MR) is 49.5 cm³/mol. The lowest BCUT2D eigenvalue weighted by Crippen LogP contribution is -2.48. The summed E-state index contributed by atoms with van der Waals surface area (Å²) in [6.07, 6.45) is -0.395. The van der Waals surface area contributed by atoms with E-state index in [1.54, 1.807) is 11.1 Å². The van der Waals surface area contributed by atoms with Crippen LogP contribution in [0.2, 0.25) is 0 Å². The monoisotopic (exact) mass is 197 g/mol. The first-order chi connectivity index (χ1) is 6.57.